The molecule has 1 aromatic rings. The highest BCUT2D eigenvalue weighted by Gasteiger charge is 2.30. The van der Waals surface area contributed by atoms with Crippen LogP contribution in [0.1, 0.15) is 24.8 Å². The van der Waals surface area contributed by atoms with Gasteiger partial charge < -0.3 is 10.1 Å². The minimum absolute atomic E-state index is 0.00396. The standard InChI is InChI=1S/C15H22N2O3S/c1-20-13-5-3-9-17(11-13)21(18,19)14-7-6-12-4-2-8-16-15(12)10-14/h6-7,10,13,16H,2-5,8-9,11H2,1H3. The summed E-state index contributed by atoms with van der Waals surface area (Å²) in [5.74, 6) is 0. The maximum absolute atomic E-state index is 12.8. The first kappa shape index (κ1) is 14.8. The number of nitrogens with one attached hydrogen (secondary N) is 1. The lowest BCUT2D eigenvalue weighted by molar-refractivity contribution is 0.0572. The van der Waals surface area contributed by atoms with Gasteiger partial charge in [-0.1, -0.05) is 6.07 Å². The average molecular weight is 310 g/mol. The highest BCUT2D eigenvalue weighted by Crippen LogP contribution is 2.28. The topological polar surface area (TPSA) is 58.6 Å². The number of anilines is 1. The molecule has 0 spiro atoms. The number of aryl methyl sites for hydroxylation is 1. The van der Waals surface area contributed by atoms with E-state index in [4.69, 9.17) is 4.74 Å². The van der Waals surface area contributed by atoms with Crippen molar-refractivity contribution in [1.82, 2.24) is 4.31 Å². The van der Waals surface area contributed by atoms with Gasteiger partial charge in [-0.15, -0.1) is 0 Å². The fourth-order valence-electron chi connectivity index (χ4n) is 3.07. The van der Waals surface area contributed by atoms with Gasteiger partial charge in [0.25, 0.3) is 0 Å². The fraction of sp³-hybridized carbons (Fsp3) is 0.600. The van der Waals surface area contributed by atoms with E-state index in [9.17, 15) is 8.42 Å². The summed E-state index contributed by atoms with van der Waals surface area (Å²) < 4.78 is 32.4. The van der Waals surface area contributed by atoms with Crippen molar-refractivity contribution in [2.45, 2.75) is 36.7 Å². The fourth-order valence-corrected chi connectivity index (χ4v) is 4.60. The zero-order chi connectivity index (χ0) is 14.9. The van der Waals surface area contributed by atoms with Crippen LogP contribution in [0, 0.1) is 0 Å². The van der Waals surface area contributed by atoms with Crippen molar-refractivity contribution in [3.05, 3.63) is 23.8 Å². The van der Waals surface area contributed by atoms with E-state index < -0.39 is 10.0 Å². The minimum Gasteiger partial charge on any atom is -0.385 e. The quantitative estimate of drug-likeness (QED) is 0.925. The van der Waals surface area contributed by atoms with Crippen LogP contribution in [-0.2, 0) is 21.2 Å². The van der Waals surface area contributed by atoms with Crippen LogP contribution in [-0.4, -0.2) is 45.6 Å². The van der Waals surface area contributed by atoms with Gasteiger partial charge in [0, 0.05) is 32.4 Å². The second kappa shape index (κ2) is 5.94. The molecule has 0 saturated carbocycles. The van der Waals surface area contributed by atoms with Crippen molar-refractivity contribution < 1.29 is 13.2 Å². The van der Waals surface area contributed by atoms with Crippen LogP contribution in [0.5, 0.6) is 0 Å². The van der Waals surface area contributed by atoms with E-state index >= 15 is 0 Å². The highest BCUT2D eigenvalue weighted by molar-refractivity contribution is 7.89. The van der Waals surface area contributed by atoms with Crippen molar-refractivity contribution in [1.29, 1.82) is 0 Å². The van der Waals surface area contributed by atoms with Crippen molar-refractivity contribution in [3.8, 4) is 0 Å². The second-order valence-corrected chi connectivity index (χ2v) is 7.65. The Hall–Kier alpha value is -1.11. The van der Waals surface area contributed by atoms with Gasteiger partial charge in [0.2, 0.25) is 10.0 Å². The summed E-state index contributed by atoms with van der Waals surface area (Å²) in [6.45, 7) is 1.93. The number of piperidine rings is 1. The zero-order valence-corrected chi connectivity index (χ0v) is 13.2. The Labute approximate surface area is 126 Å². The molecule has 5 nitrogen and oxygen atoms in total. The molecule has 0 aliphatic carbocycles. The van der Waals surface area contributed by atoms with E-state index in [-0.39, 0.29) is 6.10 Å². The maximum Gasteiger partial charge on any atom is 0.243 e. The van der Waals surface area contributed by atoms with Crippen LogP contribution in [0.3, 0.4) is 0 Å². The molecule has 0 aromatic heterocycles. The summed E-state index contributed by atoms with van der Waals surface area (Å²) in [6.07, 6.45) is 3.89. The van der Waals surface area contributed by atoms with Crippen molar-refractivity contribution in [2.75, 3.05) is 32.1 Å². The summed E-state index contributed by atoms with van der Waals surface area (Å²) in [6, 6.07) is 5.45. The van der Waals surface area contributed by atoms with Gasteiger partial charge in [-0.25, -0.2) is 8.42 Å². The normalized spacial score (nSPS) is 23.4. The lowest BCUT2D eigenvalue weighted by atomic mass is 10.0. The van der Waals surface area contributed by atoms with Gasteiger partial charge in [0.15, 0.2) is 0 Å². The lowest BCUT2D eigenvalue weighted by Crippen LogP contribution is -2.42. The third-order valence-electron chi connectivity index (χ3n) is 4.33. The SMILES string of the molecule is COC1CCCN(S(=O)(=O)c2ccc3c(c2)NCCC3)C1. The summed E-state index contributed by atoms with van der Waals surface area (Å²) in [5.41, 5.74) is 2.16. The molecule has 2 heterocycles. The monoisotopic (exact) mass is 310 g/mol. The molecule has 1 saturated heterocycles. The second-order valence-electron chi connectivity index (χ2n) is 5.71. The van der Waals surface area contributed by atoms with Crippen LogP contribution >= 0.6 is 0 Å². The predicted molar refractivity (Wildman–Crippen MR) is 82.0 cm³/mol. The molecule has 1 fully saturated rings. The number of rotatable bonds is 3. The molecule has 2 aliphatic heterocycles. The summed E-state index contributed by atoms with van der Waals surface area (Å²) in [7, 11) is -1.78. The molecular weight excluding hydrogens is 288 g/mol. The lowest BCUT2D eigenvalue weighted by Gasteiger charge is -2.31. The number of ether oxygens (including phenoxy) is 1. The van der Waals surface area contributed by atoms with Crippen LogP contribution in [0.2, 0.25) is 0 Å². The Balaban J connectivity index is 1.87. The summed E-state index contributed by atoms with van der Waals surface area (Å²) >= 11 is 0. The molecule has 2 aliphatic rings. The number of benzene rings is 1. The number of nitrogens with zero attached hydrogens (tertiary/aromatic N) is 1. The number of hydrogen-bond donors (Lipinski definition) is 1. The first-order valence-corrected chi connectivity index (χ1v) is 8.95. The van der Waals surface area contributed by atoms with Gasteiger partial charge in [0.1, 0.15) is 0 Å². The molecule has 1 unspecified atom stereocenters. The predicted octanol–water partition coefficient (Wildman–Crippen LogP) is 1.84. The van der Waals surface area contributed by atoms with Crippen LogP contribution < -0.4 is 5.32 Å². The molecule has 116 valence electrons. The maximum atomic E-state index is 12.8. The molecule has 3 rings (SSSR count). The summed E-state index contributed by atoms with van der Waals surface area (Å²) in [5, 5.41) is 3.29. The number of hydrogen-bond acceptors (Lipinski definition) is 4. The molecule has 6 heteroatoms. The molecular formula is C15H22N2O3S. The zero-order valence-electron chi connectivity index (χ0n) is 12.3. The third-order valence-corrected chi connectivity index (χ3v) is 6.19. The smallest absolute Gasteiger partial charge is 0.243 e. The minimum atomic E-state index is -3.43. The van der Waals surface area contributed by atoms with Gasteiger partial charge in [-0.05, 0) is 43.4 Å². The van der Waals surface area contributed by atoms with Gasteiger partial charge in [-0.3, -0.25) is 0 Å². The molecule has 1 aromatic carbocycles. The third kappa shape index (κ3) is 2.93. The van der Waals surface area contributed by atoms with Crippen molar-refractivity contribution in [3.63, 3.8) is 0 Å². The number of fused-ring (bicyclic) bond motifs is 1. The van der Waals surface area contributed by atoms with Gasteiger partial charge >= 0.3 is 0 Å². The first-order valence-electron chi connectivity index (χ1n) is 7.51. The number of sulfonamides is 1. The van der Waals surface area contributed by atoms with E-state index in [1.807, 2.05) is 6.07 Å². The first-order chi connectivity index (χ1) is 10.1. The molecule has 21 heavy (non-hydrogen) atoms. The van der Waals surface area contributed by atoms with E-state index in [1.165, 1.54) is 5.56 Å². The van der Waals surface area contributed by atoms with Gasteiger partial charge in [0.05, 0.1) is 11.0 Å². The Kier molecular flexibility index (Phi) is 4.19. The van der Waals surface area contributed by atoms with E-state index in [0.717, 1.165) is 37.9 Å². The molecule has 0 radical (unpaired) electrons. The van der Waals surface area contributed by atoms with E-state index in [0.29, 0.717) is 18.0 Å². The Morgan fingerprint density at radius 3 is 3.00 bits per heavy atom. The van der Waals surface area contributed by atoms with Crippen LogP contribution in [0.4, 0.5) is 5.69 Å². The highest BCUT2D eigenvalue weighted by atomic mass is 32.2. The molecule has 0 amide bonds. The molecule has 1 N–H and O–H groups in total. The Morgan fingerprint density at radius 2 is 2.19 bits per heavy atom. The van der Waals surface area contributed by atoms with E-state index in [1.54, 1.807) is 23.5 Å². The van der Waals surface area contributed by atoms with E-state index in [2.05, 4.69) is 5.32 Å². The van der Waals surface area contributed by atoms with Crippen molar-refractivity contribution in [2.24, 2.45) is 0 Å². The Bertz CT molecular complexity index is 615. The van der Waals surface area contributed by atoms with Crippen LogP contribution in [0.25, 0.3) is 0 Å². The Morgan fingerprint density at radius 1 is 1.33 bits per heavy atom. The largest absolute Gasteiger partial charge is 0.385 e. The van der Waals surface area contributed by atoms with Crippen LogP contribution in [0.15, 0.2) is 23.1 Å². The molecule has 1 atom stereocenters. The van der Waals surface area contributed by atoms with Gasteiger partial charge in [-0.2, -0.15) is 4.31 Å². The summed E-state index contributed by atoms with van der Waals surface area (Å²) in [4.78, 5) is 0.382. The average Bonchev–Trinajstić information content (AvgIpc) is 2.54. The number of methoxy groups -OCH3 is 1. The van der Waals surface area contributed by atoms with Crippen molar-refractivity contribution >= 4 is 15.7 Å². The molecule has 0 bridgehead atoms.